The molecule has 1 N–H and O–H groups in total. The molecular formula is C15H21N3O2. The van der Waals surface area contributed by atoms with Gasteiger partial charge in [-0.25, -0.2) is 0 Å². The maximum absolute atomic E-state index is 10.6. The summed E-state index contributed by atoms with van der Waals surface area (Å²) >= 11 is 0. The number of aliphatic imine (C=N–C) groups is 1. The first-order chi connectivity index (χ1) is 9.17. The van der Waals surface area contributed by atoms with Crippen LogP contribution in [0.1, 0.15) is 40.5 Å². The van der Waals surface area contributed by atoms with Crippen LogP contribution in [0.5, 0.6) is 0 Å². The Kier molecular flexibility index (Phi) is 3.65. The SMILES string of the molecule is CC1(C)CC(=Nc2ccc([N+](=O)[O-])cc2)CC(C)(C)N1. The minimum Gasteiger partial charge on any atom is -0.306 e. The van der Waals surface area contributed by atoms with Crippen LogP contribution in [0.4, 0.5) is 11.4 Å². The molecule has 1 aliphatic heterocycles. The number of nitrogens with zero attached hydrogens (tertiary/aromatic N) is 2. The van der Waals surface area contributed by atoms with Crippen molar-refractivity contribution < 1.29 is 4.92 Å². The maximum atomic E-state index is 10.6. The van der Waals surface area contributed by atoms with Crippen molar-refractivity contribution in [2.75, 3.05) is 0 Å². The molecule has 1 heterocycles. The van der Waals surface area contributed by atoms with Crippen molar-refractivity contribution in [2.45, 2.75) is 51.6 Å². The number of hydrogen-bond donors (Lipinski definition) is 1. The third kappa shape index (κ3) is 3.63. The Hall–Kier alpha value is -1.75. The lowest BCUT2D eigenvalue weighted by Gasteiger charge is -2.43. The largest absolute Gasteiger partial charge is 0.306 e. The smallest absolute Gasteiger partial charge is 0.269 e. The minimum atomic E-state index is -0.395. The number of non-ortho nitro benzene ring substituents is 1. The van der Waals surface area contributed by atoms with Crippen LogP contribution >= 0.6 is 0 Å². The molecule has 1 saturated heterocycles. The molecule has 0 saturated carbocycles. The lowest BCUT2D eigenvalue weighted by Crippen LogP contribution is -2.58. The van der Waals surface area contributed by atoms with Crippen molar-refractivity contribution >= 4 is 17.1 Å². The first kappa shape index (κ1) is 14.7. The summed E-state index contributed by atoms with van der Waals surface area (Å²) in [5.41, 5.74) is 2.04. The van der Waals surface area contributed by atoms with E-state index in [1.54, 1.807) is 12.1 Å². The van der Waals surface area contributed by atoms with Gasteiger partial charge in [-0.1, -0.05) is 0 Å². The average molecular weight is 275 g/mol. The monoisotopic (exact) mass is 275 g/mol. The van der Waals surface area contributed by atoms with E-state index in [9.17, 15) is 10.1 Å². The third-order valence-electron chi connectivity index (χ3n) is 3.32. The standard InChI is InChI=1S/C15H21N3O2/c1-14(2)9-12(10-15(3,4)17-14)16-11-5-7-13(8-6-11)18(19)20/h5-8,17H,9-10H2,1-4H3. The van der Waals surface area contributed by atoms with Crippen molar-refractivity contribution in [3.8, 4) is 0 Å². The zero-order valence-electron chi connectivity index (χ0n) is 12.4. The molecule has 0 aromatic heterocycles. The highest BCUT2D eigenvalue weighted by Gasteiger charge is 2.35. The van der Waals surface area contributed by atoms with Crippen molar-refractivity contribution in [3.63, 3.8) is 0 Å². The normalized spacial score (nSPS) is 20.5. The number of nitro groups is 1. The average Bonchev–Trinajstić information content (AvgIpc) is 2.25. The molecule has 5 heteroatoms. The molecule has 0 atom stereocenters. The predicted molar refractivity (Wildman–Crippen MR) is 80.7 cm³/mol. The fraction of sp³-hybridized carbons (Fsp3) is 0.533. The van der Waals surface area contributed by atoms with Crippen LogP contribution in [-0.2, 0) is 0 Å². The van der Waals surface area contributed by atoms with Crippen LogP contribution in [0.25, 0.3) is 0 Å². The molecule has 1 aliphatic rings. The van der Waals surface area contributed by atoms with Crippen LogP contribution in [0.15, 0.2) is 29.3 Å². The van der Waals surface area contributed by atoms with Crippen LogP contribution < -0.4 is 5.32 Å². The first-order valence-electron chi connectivity index (χ1n) is 6.77. The van der Waals surface area contributed by atoms with Crippen molar-refractivity contribution in [3.05, 3.63) is 34.4 Å². The lowest BCUT2D eigenvalue weighted by molar-refractivity contribution is -0.384. The number of rotatable bonds is 2. The maximum Gasteiger partial charge on any atom is 0.269 e. The van der Waals surface area contributed by atoms with Gasteiger partial charge < -0.3 is 5.32 Å². The molecule has 0 amide bonds. The fourth-order valence-corrected chi connectivity index (χ4v) is 3.00. The summed E-state index contributed by atoms with van der Waals surface area (Å²) in [6.07, 6.45) is 1.76. The second-order valence-electron chi connectivity index (χ2n) is 6.70. The highest BCUT2D eigenvalue weighted by molar-refractivity contribution is 5.89. The number of nitrogens with one attached hydrogen (secondary N) is 1. The molecule has 0 aliphatic carbocycles. The molecular weight excluding hydrogens is 254 g/mol. The molecule has 0 spiro atoms. The van der Waals surface area contributed by atoms with Gasteiger partial charge in [-0.2, -0.15) is 0 Å². The van der Waals surface area contributed by atoms with Gasteiger partial charge in [-0.15, -0.1) is 0 Å². The summed E-state index contributed by atoms with van der Waals surface area (Å²) in [6, 6.07) is 6.40. The van der Waals surface area contributed by atoms with Crippen LogP contribution in [-0.4, -0.2) is 21.7 Å². The van der Waals surface area contributed by atoms with E-state index in [1.807, 2.05) is 0 Å². The van der Waals surface area contributed by atoms with Crippen LogP contribution in [0, 0.1) is 10.1 Å². The molecule has 0 bridgehead atoms. The topological polar surface area (TPSA) is 67.5 Å². The van der Waals surface area contributed by atoms with E-state index in [-0.39, 0.29) is 16.8 Å². The minimum absolute atomic E-state index is 0.0152. The van der Waals surface area contributed by atoms with Gasteiger partial charge >= 0.3 is 0 Å². The summed E-state index contributed by atoms with van der Waals surface area (Å²) in [6.45, 7) is 8.66. The molecule has 1 fully saturated rings. The zero-order valence-corrected chi connectivity index (χ0v) is 12.4. The molecule has 0 radical (unpaired) electrons. The molecule has 20 heavy (non-hydrogen) atoms. The second kappa shape index (κ2) is 4.98. The Morgan fingerprint density at radius 2 is 1.60 bits per heavy atom. The quantitative estimate of drug-likeness (QED) is 0.662. The van der Waals surface area contributed by atoms with E-state index in [1.165, 1.54) is 12.1 Å². The van der Waals surface area contributed by atoms with Gasteiger partial charge in [-0.05, 0) is 39.8 Å². The highest BCUT2D eigenvalue weighted by Crippen LogP contribution is 2.28. The number of hydrogen-bond acceptors (Lipinski definition) is 4. The summed E-state index contributed by atoms with van der Waals surface area (Å²) in [7, 11) is 0. The van der Waals surface area contributed by atoms with Crippen molar-refractivity contribution in [2.24, 2.45) is 4.99 Å². The van der Waals surface area contributed by atoms with E-state index in [0.717, 1.165) is 24.2 Å². The van der Waals surface area contributed by atoms with E-state index in [4.69, 9.17) is 0 Å². The Labute approximate surface area is 119 Å². The third-order valence-corrected chi connectivity index (χ3v) is 3.32. The Morgan fingerprint density at radius 3 is 2.05 bits per heavy atom. The number of piperidine rings is 1. The van der Waals surface area contributed by atoms with Gasteiger partial charge in [-0.3, -0.25) is 15.1 Å². The van der Waals surface area contributed by atoms with E-state index in [2.05, 4.69) is 38.0 Å². The van der Waals surface area contributed by atoms with Crippen molar-refractivity contribution in [1.82, 2.24) is 5.32 Å². The number of nitro benzene ring substituents is 1. The van der Waals surface area contributed by atoms with Gasteiger partial charge in [0, 0.05) is 41.8 Å². The highest BCUT2D eigenvalue weighted by atomic mass is 16.6. The molecule has 108 valence electrons. The fourth-order valence-electron chi connectivity index (χ4n) is 3.00. The van der Waals surface area contributed by atoms with E-state index < -0.39 is 4.92 Å². The van der Waals surface area contributed by atoms with Gasteiger partial charge in [0.1, 0.15) is 0 Å². The second-order valence-corrected chi connectivity index (χ2v) is 6.70. The summed E-state index contributed by atoms with van der Waals surface area (Å²) in [5.74, 6) is 0. The van der Waals surface area contributed by atoms with Gasteiger partial charge in [0.25, 0.3) is 5.69 Å². The molecule has 1 aromatic rings. The van der Waals surface area contributed by atoms with Gasteiger partial charge in [0.05, 0.1) is 10.6 Å². The van der Waals surface area contributed by atoms with Gasteiger partial charge in [0.15, 0.2) is 0 Å². The Balaban J connectivity index is 2.23. The molecule has 0 unspecified atom stereocenters. The number of benzene rings is 1. The van der Waals surface area contributed by atoms with E-state index in [0.29, 0.717) is 0 Å². The molecule has 1 aromatic carbocycles. The van der Waals surface area contributed by atoms with Crippen LogP contribution in [0.3, 0.4) is 0 Å². The summed E-state index contributed by atoms with van der Waals surface area (Å²) in [4.78, 5) is 14.9. The lowest BCUT2D eigenvalue weighted by atomic mass is 9.81. The van der Waals surface area contributed by atoms with Crippen molar-refractivity contribution in [1.29, 1.82) is 0 Å². The molecule has 5 nitrogen and oxygen atoms in total. The molecule has 2 rings (SSSR count). The van der Waals surface area contributed by atoms with Gasteiger partial charge in [0.2, 0.25) is 0 Å². The Morgan fingerprint density at radius 1 is 1.10 bits per heavy atom. The Bertz CT molecular complexity index is 527. The summed E-state index contributed by atoms with van der Waals surface area (Å²) in [5, 5.41) is 14.2. The first-order valence-corrected chi connectivity index (χ1v) is 6.77. The summed E-state index contributed by atoms with van der Waals surface area (Å²) < 4.78 is 0. The van der Waals surface area contributed by atoms with Crippen LogP contribution in [0.2, 0.25) is 0 Å². The van der Waals surface area contributed by atoms with E-state index >= 15 is 0 Å². The zero-order chi connectivity index (χ0) is 15.0. The predicted octanol–water partition coefficient (Wildman–Crippen LogP) is 3.61.